The van der Waals surface area contributed by atoms with Gasteiger partial charge in [0.25, 0.3) is 5.56 Å². The average molecular weight is 574 g/mol. The largest absolute Gasteiger partial charge is 0.458 e. The van der Waals surface area contributed by atoms with Gasteiger partial charge in [-0.2, -0.15) is 0 Å². The number of rotatable bonds is 7. The zero-order valence-corrected chi connectivity index (χ0v) is 24.2. The number of benzene rings is 1. The molecule has 2 aliphatic heterocycles. The van der Waals surface area contributed by atoms with E-state index < -0.39 is 17.9 Å². The zero-order chi connectivity index (χ0) is 28.4. The Morgan fingerprint density at radius 2 is 2.03 bits per heavy atom. The second-order valence-corrected chi connectivity index (χ2v) is 12.2. The monoisotopic (exact) mass is 573 g/mol. The van der Waals surface area contributed by atoms with Crippen molar-refractivity contribution in [1.29, 1.82) is 0 Å². The van der Waals surface area contributed by atoms with Crippen LogP contribution in [0.3, 0.4) is 0 Å². The van der Waals surface area contributed by atoms with Gasteiger partial charge in [0.05, 0.1) is 29.0 Å². The fraction of sp³-hybridized carbons (Fsp3) is 0.429. The van der Waals surface area contributed by atoms with E-state index in [0.29, 0.717) is 39.5 Å². The molecule has 4 heterocycles. The van der Waals surface area contributed by atoms with Gasteiger partial charge in [0.2, 0.25) is 5.91 Å². The molecule has 0 spiro atoms. The summed E-state index contributed by atoms with van der Waals surface area (Å²) in [6, 6.07) is 4.65. The molecular weight excluding hydrogens is 541 g/mol. The molecule has 2 atom stereocenters. The fourth-order valence-electron chi connectivity index (χ4n) is 4.86. The minimum Gasteiger partial charge on any atom is -0.458 e. The lowest BCUT2D eigenvalue weighted by Gasteiger charge is -2.21. The second-order valence-electron chi connectivity index (χ2n) is 9.29. The van der Waals surface area contributed by atoms with Crippen molar-refractivity contribution in [3.63, 3.8) is 0 Å². The Kier molecular flexibility index (Phi) is 9.03. The molecule has 2 unspecified atom stereocenters. The van der Waals surface area contributed by atoms with E-state index in [9.17, 15) is 23.9 Å². The number of fused-ring (bicyclic) bond motifs is 5. The number of amides is 1. The predicted octanol–water partition coefficient (Wildman–Crippen LogP) is 4.79. The van der Waals surface area contributed by atoms with Gasteiger partial charge in [-0.05, 0) is 42.9 Å². The highest BCUT2D eigenvalue weighted by Gasteiger charge is 2.34. The van der Waals surface area contributed by atoms with E-state index in [1.54, 1.807) is 40.6 Å². The molecule has 0 fully saturated rings. The number of cyclic esters (lactones) is 1. The molecular formula is C28H32FN3O5S2. The van der Waals surface area contributed by atoms with Crippen LogP contribution in [-0.4, -0.2) is 38.0 Å². The molecule has 11 heteroatoms. The van der Waals surface area contributed by atoms with Crippen molar-refractivity contribution in [2.75, 3.05) is 6.26 Å². The summed E-state index contributed by atoms with van der Waals surface area (Å²) in [5.74, 6) is -1.31. The van der Waals surface area contributed by atoms with Crippen molar-refractivity contribution in [1.82, 2.24) is 14.9 Å². The summed E-state index contributed by atoms with van der Waals surface area (Å²) in [5, 5.41) is 14.4. The van der Waals surface area contributed by atoms with Crippen LogP contribution >= 0.6 is 21.6 Å². The first-order chi connectivity index (χ1) is 18.7. The van der Waals surface area contributed by atoms with E-state index in [2.05, 4.69) is 17.2 Å². The number of aromatic nitrogens is 2. The van der Waals surface area contributed by atoms with E-state index in [1.807, 2.05) is 20.1 Å². The van der Waals surface area contributed by atoms with Gasteiger partial charge in [0.1, 0.15) is 12.4 Å². The van der Waals surface area contributed by atoms with Gasteiger partial charge in [-0.25, -0.2) is 14.2 Å². The van der Waals surface area contributed by atoms with Crippen molar-refractivity contribution in [3.8, 4) is 11.4 Å². The van der Waals surface area contributed by atoms with Crippen LogP contribution in [0.2, 0.25) is 0 Å². The number of aliphatic hydroxyl groups excluding tert-OH is 1. The van der Waals surface area contributed by atoms with Gasteiger partial charge in [-0.1, -0.05) is 42.4 Å². The summed E-state index contributed by atoms with van der Waals surface area (Å²) in [5.41, 5.74) is 3.30. The number of hydrogen-bond donors (Lipinski definition) is 2. The summed E-state index contributed by atoms with van der Waals surface area (Å²) in [6.45, 7) is 7.94. The molecule has 0 bridgehead atoms. The zero-order valence-electron chi connectivity index (χ0n) is 22.6. The summed E-state index contributed by atoms with van der Waals surface area (Å²) in [7, 11) is 3.40. The predicted molar refractivity (Wildman–Crippen MR) is 153 cm³/mol. The smallest absolute Gasteiger partial charge is 0.340 e. The van der Waals surface area contributed by atoms with Crippen molar-refractivity contribution < 1.29 is 23.8 Å². The van der Waals surface area contributed by atoms with Gasteiger partial charge in [0, 0.05) is 40.8 Å². The molecule has 1 amide bonds. The number of aryl methyl sites for hydroxylation is 1. The number of aliphatic hydroxyl groups is 1. The lowest BCUT2D eigenvalue weighted by molar-refractivity contribution is -0.157. The highest BCUT2D eigenvalue weighted by atomic mass is 33.1. The number of halogens is 1. The first-order valence-corrected chi connectivity index (χ1v) is 15.5. The number of carbonyl (C=O) groups is 2. The highest BCUT2D eigenvalue weighted by molar-refractivity contribution is 8.76. The summed E-state index contributed by atoms with van der Waals surface area (Å²) in [4.78, 5) is 42.6. The lowest BCUT2D eigenvalue weighted by atomic mass is 9.97. The molecule has 2 aliphatic rings. The minimum atomic E-state index is -1.56. The third kappa shape index (κ3) is 5.57. The van der Waals surface area contributed by atoms with E-state index in [-0.39, 0.29) is 42.3 Å². The lowest BCUT2D eigenvalue weighted by Crippen LogP contribution is -2.32. The van der Waals surface area contributed by atoms with Crippen molar-refractivity contribution in [3.05, 3.63) is 62.2 Å². The van der Waals surface area contributed by atoms with Crippen LogP contribution in [0.4, 0.5) is 4.39 Å². The number of nitrogens with zero attached hydrogens (tertiary/aromatic N) is 2. The number of esters is 1. The number of nitrogens with one attached hydrogen (secondary N) is 1. The Morgan fingerprint density at radius 3 is 2.74 bits per heavy atom. The molecule has 2 aromatic heterocycles. The van der Waals surface area contributed by atoms with Crippen LogP contribution in [0.25, 0.3) is 22.3 Å². The van der Waals surface area contributed by atoms with E-state index in [0.717, 1.165) is 17.5 Å². The first-order valence-electron chi connectivity index (χ1n) is 12.9. The molecule has 0 saturated heterocycles. The SMILES string of the molecule is CC.CSSC(C)CCC(=O)NCc1c2c(nc3cc(F)c(C)cc13)-c1cc3c(c(=O)n1C2)COC(=O)C3O. The number of ether oxygens (including phenoxy) is 1. The summed E-state index contributed by atoms with van der Waals surface area (Å²) in [6.07, 6.45) is 1.57. The minimum absolute atomic E-state index is 0.0898. The number of hydrogen-bond acceptors (Lipinski definition) is 8. The maximum Gasteiger partial charge on any atom is 0.340 e. The van der Waals surface area contributed by atoms with Gasteiger partial charge in [-0.3, -0.25) is 9.59 Å². The fourth-order valence-corrected chi connectivity index (χ4v) is 6.68. The van der Waals surface area contributed by atoms with Crippen LogP contribution in [0.1, 0.15) is 67.5 Å². The van der Waals surface area contributed by atoms with Crippen LogP contribution in [0.5, 0.6) is 0 Å². The van der Waals surface area contributed by atoms with Crippen molar-refractivity contribution >= 4 is 44.4 Å². The van der Waals surface area contributed by atoms with Crippen LogP contribution in [-0.2, 0) is 34.0 Å². The third-order valence-electron chi connectivity index (χ3n) is 6.86. The maximum absolute atomic E-state index is 14.5. The molecule has 208 valence electrons. The second kappa shape index (κ2) is 12.1. The van der Waals surface area contributed by atoms with Crippen molar-refractivity contribution in [2.24, 2.45) is 0 Å². The average Bonchev–Trinajstić information content (AvgIpc) is 3.28. The van der Waals surface area contributed by atoms with Crippen LogP contribution in [0.15, 0.2) is 23.0 Å². The topological polar surface area (TPSA) is 111 Å². The molecule has 2 N–H and O–H groups in total. The molecule has 0 saturated carbocycles. The normalized spacial score (nSPS) is 16.0. The quantitative estimate of drug-likeness (QED) is 0.240. The molecule has 0 radical (unpaired) electrons. The Morgan fingerprint density at radius 1 is 1.28 bits per heavy atom. The first kappa shape index (κ1) is 29.1. The van der Waals surface area contributed by atoms with E-state index in [4.69, 9.17) is 4.74 Å². The summed E-state index contributed by atoms with van der Waals surface area (Å²) >= 11 is 0. The highest BCUT2D eigenvalue weighted by Crippen LogP contribution is 2.38. The van der Waals surface area contributed by atoms with E-state index >= 15 is 0 Å². The molecule has 39 heavy (non-hydrogen) atoms. The number of pyridine rings is 2. The third-order valence-corrected chi connectivity index (χ3v) is 9.18. The molecule has 0 aliphatic carbocycles. The molecule has 5 rings (SSSR count). The van der Waals surface area contributed by atoms with Gasteiger partial charge in [-0.15, -0.1) is 0 Å². The van der Waals surface area contributed by atoms with Gasteiger partial charge in [0.15, 0.2) is 6.10 Å². The molecule has 1 aromatic carbocycles. The maximum atomic E-state index is 14.5. The molecule has 8 nitrogen and oxygen atoms in total. The standard InChI is InChI=1S/C26H26FN3O5S2.C2H6/c1-12-6-14-16(9-28-22(31)5-4-13(2)37-36-3)17-10-30-21(23(17)29-20(14)8-19(12)27)7-15-18(25(30)33)11-35-26(34)24(15)32;1-2/h6-8,13,24,32H,4-5,9-11H2,1-3H3,(H,28,31);1-2H3. The Bertz CT molecular complexity index is 1510. The number of carbonyl (C=O) groups excluding carboxylic acids is 2. The van der Waals surface area contributed by atoms with Crippen molar-refractivity contribution in [2.45, 2.75) is 71.6 Å². The van der Waals surface area contributed by atoms with E-state index in [1.165, 1.54) is 10.6 Å². The molecule has 3 aromatic rings. The van der Waals surface area contributed by atoms with Gasteiger partial charge >= 0.3 is 5.97 Å². The Labute approximate surface area is 234 Å². The summed E-state index contributed by atoms with van der Waals surface area (Å²) < 4.78 is 21.0. The Balaban J connectivity index is 0.00000172. The Hall–Kier alpha value is -2.89. The van der Waals surface area contributed by atoms with Gasteiger partial charge < -0.3 is 19.7 Å². The van der Waals surface area contributed by atoms with Crippen LogP contribution < -0.4 is 10.9 Å². The van der Waals surface area contributed by atoms with Crippen LogP contribution in [0, 0.1) is 12.7 Å².